The number of benzene rings is 1. The van der Waals surface area contributed by atoms with Crippen molar-refractivity contribution >= 4 is 11.4 Å². The highest BCUT2D eigenvalue weighted by molar-refractivity contribution is 5.75. The first-order chi connectivity index (χ1) is 8.63. The summed E-state index contributed by atoms with van der Waals surface area (Å²) in [4.78, 5) is 2.17. The Morgan fingerprint density at radius 3 is 2.42 bits per heavy atom. The van der Waals surface area contributed by atoms with Gasteiger partial charge >= 0.3 is 6.18 Å². The molecule has 1 aliphatic rings. The van der Waals surface area contributed by atoms with Crippen molar-refractivity contribution in [3.63, 3.8) is 0 Å². The molecule has 0 atom stereocenters. The molecule has 2 rings (SSSR count). The number of rotatable bonds is 1. The summed E-state index contributed by atoms with van der Waals surface area (Å²) in [6.45, 7) is 8.89. The van der Waals surface area contributed by atoms with Gasteiger partial charge in [0.1, 0.15) is 0 Å². The molecule has 0 saturated carbocycles. The van der Waals surface area contributed by atoms with Gasteiger partial charge in [0.25, 0.3) is 0 Å². The average molecular weight is 272 g/mol. The Morgan fingerprint density at radius 2 is 1.89 bits per heavy atom. The Morgan fingerprint density at radius 1 is 1.26 bits per heavy atom. The minimum atomic E-state index is -4.30. The van der Waals surface area contributed by atoms with E-state index in [9.17, 15) is 13.2 Å². The number of hydrogen-bond donors (Lipinski definition) is 1. The third kappa shape index (κ3) is 2.51. The zero-order valence-corrected chi connectivity index (χ0v) is 11.6. The van der Waals surface area contributed by atoms with Crippen molar-refractivity contribution in [2.24, 2.45) is 0 Å². The van der Waals surface area contributed by atoms with Crippen LogP contribution in [0.4, 0.5) is 24.5 Å². The largest absolute Gasteiger partial charge is 0.416 e. The molecule has 0 amide bonds. The first-order valence-electron chi connectivity index (χ1n) is 6.37. The van der Waals surface area contributed by atoms with Crippen LogP contribution in [0.25, 0.3) is 0 Å². The van der Waals surface area contributed by atoms with Crippen LogP contribution in [0, 0.1) is 0 Å². The van der Waals surface area contributed by atoms with Gasteiger partial charge < -0.3 is 10.2 Å². The van der Waals surface area contributed by atoms with E-state index in [1.165, 1.54) is 6.07 Å². The van der Waals surface area contributed by atoms with Crippen molar-refractivity contribution < 1.29 is 13.2 Å². The zero-order chi connectivity index (χ0) is 14.4. The van der Waals surface area contributed by atoms with E-state index >= 15 is 0 Å². The molecule has 2 nitrogen and oxygen atoms in total. The molecule has 0 aliphatic carbocycles. The summed E-state index contributed by atoms with van der Waals surface area (Å²) in [5.41, 5.74) is 0.658. The molecule has 0 fully saturated rings. The van der Waals surface area contributed by atoms with Gasteiger partial charge in [0, 0.05) is 12.6 Å². The lowest BCUT2D eigenvalue weighted by Crippen LogP contribution is -2.55. The quantitative estimate of drug-likeness (QED) is 0.827. The van der Waals surface area contributed by atoms with Gasteiger partial charge in [-0.3, -0.25) is 0 Å². The number of anilines is 2. The molecule has 5 heteroatoms. The van der Waals surface area contributed by atoms with Crippen LogP contribution in [0.1, 0.15) is 33.3 Å². The average Bonchev–Trinajstić information content (AvgIpc) is 2.25. The fourth-order valence-corrected chi connectivity index (χ4v) is 2.76. The third-order valence-electron chi connectivity index (χ3n) is 3.46. The molecule has 0 unspecified atom stereocenters. The molecule has 19 heavy (non-hydrogen) atoms. The van der Waals surface area contributed by atoms with Crippen LogP contribution in [0.5, 0.6) is 0 Å². The molecule has 0 aromatic heterocycles. The molecule has 0 bridgehead atoms. The van der Waals surface area contributed by atoms with E-state index in [0.29, 0.717) is 12.2 Å². The predicted molar refractivity (Wildman–Crippen MR) is 71.6 cm³/mol. The van der Waals surface area contributed by atoms with Crippen molar-refractivity contribution in [2.45, 2.75) is 45.5 Å². The van der Waals surface area contributed by atoms with E-state index in [1.807, 2.05) is 0 Å². The Hall–Kier alpha value is -1.39. The summed E-state index contributed by atoms with van der Waals surface area (Å²) in [5.74, 6) is 0. The number of alkyl halides is 3. The molecule has 0 saturated heterocycles. The third-order valence-corrected chi connectivity index (χ3v) is 3.46. The van der Waals surface area contributed by atoms with E-state index in [0.717, 1.165) is 11.8 Å². The smallest absolute Gasteiger partial charge is 0.381 e. The maximum Gasteiger partial charge on any atom is 0.416 e. The second-order valence-corrected chi connectivity index (χ2v) is 5.86. The van der Waals surface area contributed by atoms with E-state index in [1.54, 1.807) is 6.07 Å². The van der Waals surface area contributed by atoms with Crippen LogP contribution < -0.4 is 10.2 Å². The number of hydrogen-bond acceptors (Lipinski definition) is 2. The Bertz CT molecular complexity index is 478. The lowest BCUT2D eigenvalue weighted by Gasteiger charge is -2.48. The van der Waals surface area contributed by atoms with Crippen LogP contribution in [0.15, 0.2) is 18.2 Å². The maximum atomic E-state index is 12.7. The highest BCUT2D eigenvalue weighted by atomic mass is 19.4. The van der Waals surface area contributed by atoms with Crippen molar-refractivity contribution in [3.05, 3.63) is 23.8 Å². The number of nitrogens with one attached hydrogen (secondary N) is 1. The van der Waals surface area contributed by atoms with Gasteiger partial charge in [0.2, 0.25) is 0 Å². The number of nitrogens with zero attached hydrogens (tertiary/aromatic N) is 1. The van der Waals surface area contributed by atoms with Crippen molar-refractivity contribution in [1.82, 2.24) is 0 Å². The lowest BCUT2D eigenvalue weighted by atomic mass is 9.95. The number of fused-ring (bicyclic) bond motifs is 1. The van der Waals surface area contributed by atoms with E-state index < -0.39 is 11.7 Å². The molecule has 1 aliphatic heterocycles. The van der Waals surface area contributed by atoms with Crippen LogP contribution >= 0.6 is 0 Å². The van der Waals surface area contributed by atoms with Gasteiger partial charge in [0.15, 0.2) is 0 Å². The van der Waals surface area contributed by atoms with E-state index in [4.69, 9.17) is 0 Å². The number of halogens is 3. The summed E-state index contributed by atoms with van der Waals surface area (Å²) >= 11 is 0. The van der Waals surface area contributed by atoms with Gasteiger partial charge in [-0.25, -0.2) is 0 Å². The van der Waals surface area contributed by atoms with Crippen molar-refractivity contribution in [1.29, 1.82) is 0 Å². The topological polar surface area (TPSA) is 15.3 Å². The normalized spacial score (nSPS) is 18.2. The highest BCUT2D eigenvalue weighted by Crippen LogP contribution is 2.41. The Balaban J connectivity index is 2.49. The van der Waals surface area contributed by atoms with Crippen LogP contribution in [0.3, 0.4) is 0 Å². The minimum absolute atomic E-state index is 0.124. The molecular weight excluding hydrogens is 253 g/mol. The summed E-state index contributed by atoms with van der Waals surface area (Å²) in [6.07, 6.45) is -4.30. The van der Waals surface area contributed by atoms with Crippen LogP contribution in [-0.2, 0) is 6.18 Å². The first-order valence-corrected chi connectivity index (χ1v) is 6.37. The van der Waals surface area contributed by atoms with Gasteiger partial charge in [-0.2, -0.15) is 13.2 Å². The molecular formula is C14H19F3N2. The molecule has 1 aromatic rings. The van der Waals surface area contributed by atoms with Crippen molar-refractivity contribution in [3.8, 4) is 0 Å². The molecule has 1 aromatic carbocycles. The van der Waals surface area contributed by atoms with E-state index in [2.05, 4.69) is 37.9 Å². The monoisotopic (exact) mass is 272 g/mol. The zero-order valence-electron chi connectivity index (χ0n) is 11.6. The van der Waals surface area contributed by atoms with Gasteiger partial charge in [-0.1, -0.05) is 0 Å². The standard InChI is InChI=1S/C14H19F3N2/c1-9(2)19-12-6-5-10(14(15,16)17)7-11(12)18-8-13(19,3)4/h5-7,9,18H,8H2,1-4H3. The lowest BCUT2D eigenvalue weighted by molar-refractivity contribution is -0.137. The maximum absolute atomic E-state index is 12.7. The Labute approximate surface area is 111 Å². The molecule has 1 N–H and O–H groups in total. The minimum Gasteiger partial charge on any atom is -0.381 e. The summed E-state index contributed by atoms with van der Waals surface area (Å²) in [5, 5.41) is 3.11. The van der Waals surface area contributed by atoms with Crippen molar-refractivity contribution in [2.75, 3.05) is 16.8 Å². The van der Waals surface area contributed by atoms with Crippen LogP contribution in [-0.4, -0.2) is 18.1 Å². The summed E-state index contributed by atoms with van der Waals surface area (Å²) in [6, 6.07) is 4.14. The summed E-state index contributed by atoms with van der Waals surface area (Å²) in [7, 11) is 0. The second kappa shape index (κ2) is 4.32. The molecule has 0 spiro atoms. The molecule has 106 valence electrons. The molecule has 1 heterocycles. The second-order valence-electron chi connectivity index (χ2n) is 5.86. The summed E-state index contributed by atoms with van der Waals surface area (Å²) < 4.78 is 38.2. The van der Waals surface area contributed by atoms with Gasteiger partial charge in [-0.05, 0) is 45.9 Å². The van der Waals surface area contributed by atoms with Gasteiger partial charge in [0.05, 0.1) is 22.5 Å². The van der Waals surface area contributed by atoms with E-state index in [-0.39, 0.29) is 11.6 Å². The predicted octanol–water partition coefficient (Wildman–Crippen LogP) is 4.12. The SMILES string of the molecule is CC(C)N1c2ccc(C(F)(F)F)cc2NCC1(C)C. The van der Waals surface area contributed by atoms with Gasteiger partial charge in [-0.15, -0.1) is 0 Å². The molecule has 0 radical (unpaired) electrons. The Kier molecular flexibility index (Phi) is 3.19. The van der Waals surface area contributed by atoms with Crippen LogP contribution in [0.2, 0.25) is 0 Å². The fourth-order valence-electron chi connectivity index (χ4n) is 2.76. The highest BCUT2D eigenvalue weighted by Gasteiger charge is 2.37. The first kappa shape index (κ1) is 14.0. The fraction of sp³-hybridized carbons (Fsp3) is 0.571.